The van der Waals surface area contributed by atoms with Gasteiger partial charge in [-0.2, -0.15) is 13.2 Å². The third-order valence-electron chi connectivity index (χ3n) is 6.63. The number of rotatable bonds is 4. The van der Waals surface area contributed by atoms with Crippen LogP contribution >= 0.6 is 0 Å². The maximum atomic E-state index is 15.5. The number of hydrogen-bond donors (Lipinski definition) is 3. The fraction of sp³-hybridized carbons (Fsp3) is 0.556. The van der Waals surface area contributed by atoms with E-state index in [0.29, 0.717) is 29.9 Å². The zero-order valence-electron chi connectivity index (χ0n) is 23.3. The van der Waals surface area contributed by atoms with E-state index in [9.17, 15) is 32.7 Å². The minimum atomic E-state index is -5.08. The summed E-state index contributed by atoms with van der Waals surface area (Å²) >= 11 is 0. The van der Waals surface area contributed by atoms with E-state index in [4.69, 9.17) is 14.6 Å². The molecule has 0 unspecified atom stereocenters. The number of nitrogens with one attached hydrogen (secondary N) is 1. The molecule has 10 nitrogen and oxygen atoms in total. The van der Waals surface area contributed by atoms with Crippen molar-refractivity contribution in [3.8, 4) is 0 Å². The molecule has 2 fully saturated rings. The number of carboxylic acid groups (broad SMARTS) is 2. The first-order valence-electron chi connectivity index (χ1n) is 13.0. The Morgan fingerprint density at radius 1 is 1.10 bits per heavy atom. The number of anilines is 1. The Bertz CT molecular complexity index is 1410. The second-order valence-electron chi connectivity index (χ2n) is 11.5. The molecule has 4 rings (SSSR count). The highest BCUT2D eigenvalue weighted by molar-refractivity contribution is 5.89. The SMILES string of the molecule is Cc1c(N2C[C@@H](C)C[C@H](NC(=O)OC(C)(C)C)C2)c(F)cn2c(=O)c(C(=O)O)cc(C3CC3)c12.O=C(O)C(F)(F)F. The van der Waals surface area contributed by atoms with Crippen LogP contribution in [0.5, 0.6) is 0 Å². The molecule has 1 saturated carbocycles. The number of alkyl halides is 3. The van der Waals surface area contributed by atoms with Gasteiger partial charge in [0.1, 0.15) is 11.2 Å². The Morgan fingerprint density at radius 3 is 2.17 bits per heavy atom. The molecule has 14 heteroatoms. The average Bonchev–Trinajstić information content (AvgIpc) is 3.63. The first-order valence-corrected chi connectivity index (χ1v) is 13.0. The number of nitrogens with zero attached hydrogens (tertiary/aromatic N) is 2. The quantitative estimate of drug-likeness (QED) is 0.438. The Balaban J connectivity index is 0.000000587. The van der Waals surface area contributed by atoms with Crippen LogP contribution in [0.15, 0.2) is 17.1 Å². The monoisotopic (exact) mass is 587 g/mol. The number of carboxylic acids is 2. The van der Waals surface area contributed by atoms with E-state index in [2.05, 4.69) is 5.32 Å². The van der Waals surface area contributed by atoms with Crippen molar-refractivity contribution in [2.45, 2.75) is 77.6 Å². The summed E-state index contributed by atoms with van der Waals surface area (Å²) in [5, 5.41) is 19.5. The molecule has 3 N–H and O–H groups in total. The van der Waals surface area contributed by atoms with Gasteiger partial charge in [0, 0.05) is 19.1 Å². The predicted molar refractivity (Wildman–Crippen MR) is 140 cm³/mol. The fourth-order valence-electron chi connectivity index (χ4n) is 5.00. The predicted octanol–water partition coefficient (Wildman–Crippen LogP) is 4.70. The summed E-state index contributed by atoms with van der Waals surface area (Å²) < 4.78 is 53.8. The summed E-state index contributed by atoms with van der Waals surface area (Å²) in [6, 6.07) is 1.23. The van der Waals surface area contributed by atoms with E-state index in [-0.39, 0.29) is 23.4 Å². The van der Waals surface area contributed by atoms with Gasteiger partial charge in [-0.1, -0.05) is 6.92 Å². The lowest BCUT2D eigenvalue weighted by Gasteiger charge is -2.39. The molecule has 1 aliphatic heterocycles. The number of aromatic carboxylic acids is 1. The third kappa shape index (κ3) is 7.67. The minimum absolute atomic E-state index is 0.160. The van der Waals surface area contributed by atoms with E-state index in [1.165, 1.54) is 6.07 Å². The van der Waals surface area contributed by atoms with Crippen molar-refractivity contribution in [2.24, 2.45) is 5.92 Å². The Hall–Kier alpha value is -3.84. The van der Waals surface area contributed by atoms with Gasteiger partial charge in [0.05, 0.1) is 17.4 Å². The number of aliphatic carboxylic acids is 1. The summed E-state index contributed by atoms with van der Waals surface area (Å²) in [4.78, 5) is 47.6. The van der Waals surface area contributed by atoms with E-state index in [1.54, 1.807) is 27.7 Å². The number of carbonyl (C=O) groups excluding carboxylic acids is 1. The molecule has 0 bridgehead atoms. The van der Waals surface area contributed by atoms with Crippen molar-refractivity contribution in [1.29, 1.82) is 0 Å². The van der Waals surface area contributed by atoms with Gasteiger partial charge in [-0.3, -0.25) is 9.20 Å². The number of amides is 1. The molecule has 2 aromatic heterocycles. The summed E-state index contributed by atoms with van der Waals surface area (Å²) in [7, 11) is 0. The Kier molecular flexibility index (Phi) is 8.94. The minimum Gasteiger partial charge on any atom is -0.477 e. The first kappa shape index (κ1) is 31.7. The summed E-state index contributed by atoms with van der Waals surface area (Å²) in [5.41, 5.74) is 0.615. The number of fused-ring (bicyclic) bond motifs is 1. The topological polar surface area (TPSA) is 138 Å². The van der Waals surface area contributed by atoms with Crippen LogP contribution < -0.4 is 15.8 Å². The molecule has 41 heavy (non-hydrogen) atoms. The molecule has 0 spiro atoms. The van der Waals surface area contributed by atoms with Gasteiger partial charge in [-0.25, -0.2) is 18.8 Å². The summed E-state index contributed by atoms with van der Waals surface area (Å²) in [6.07, 6.45) is -1.94. The van der Waals surface area contributed by atoms with Gasteiger partial charge in [0.25, 0.3) is 5.56 Å². The van der Waals surface area contributed by atoms with E-state index in [0.717, 1.165) is 35.4 Å². The van der Waals surface area contributed by atoms with E-state index in [1.807, 2.05) is 11.8 Å². The van der Waals surface area contributed by atoms with Gasteiger partial charge in [0.15, 0.2) is 5.82 Å². The molecule has 1 saturated heterocycles. The molecule has 3 heterocycles. The third-order valence-corrected chi connectivity index (χ3v) is 6.63. The second kappa shape index (κ2) is 11.6. The molecule has 2 aromatic rings. The van der Waals surface area contributed by atoms with Crippen molar-refractivity contribution >= 4 is 29.2 Å². The summed E-state index contributed by atoms with van der Waals surface area (Å²) in [6.45, 7) is 10.2. The standard InChI is InChI=1S/C25H32FN3O5.C2HF3O2/c1-13-8-16(27-24(33)34-25(3,4)5)11-28(10-13)21-14(2)20-17(15-6-7-15)9-18(23(31)32)22(30)29(20)12-19(21)26;3-2(4,5)1(6)7/h9,12-13,15-16H,6-8,10-11H2,1-5H3,(H,27,33)(H,31,32);(H,6,7)/t13-,16-;/m0./s1. The molecule has 1 aliphatic carbocycles. The van der Waals surface area contributed by atoms with Crippen molar-refractivity contribution in [3.63, 3.8) is 0 Å². The molecule has 0 radical (unpaired) electrons. The van der Waals surface area contributed by atoms with Crippen LogP contribution in [0.3, 0.4) is 0 Å². The van der Waals surface area contributed by atoms with Crippen LogP contribution in [0.1, 0.15) is 74.4 Å². The van der Waals surface area contributed by atoms with Crippen LogP contribution in [0.25, 0.3) is 5.52 Å². The van der Waals surface area contributed by atoms with Crippen LogP contribution in [0.2, 0.25) is 0 Å². The maximum Gasteiger partial charge on any atom is 0.490 e. The van der Waals surface area contributed by atoms with Crippen molar-refractivity contribution in [2.75, 3.05) is 18.0 Å². The van der Waals surface area contributed by atoms with Gasteiger partial charge < -0.3 is 25.2 Å². The number of halogens is 4. The number of hydrogen-bond acceptors (Lipinski definition) is 6. The highest BCUT2D eigenvalue weighted by atomic mass is 19.4. The number of piperidine rings is 1. The van der Waals surface area contributed by atoms with Crippen LogP contribution in [-0.2, 0) is 9.53 Å². The van der Waals surface area contributed by atoms with Crippen molar-refractivity contribution in [3.05, 3.63) is 45.1 Å². The Labute approximate surface area is 232 Å². The second-order valence-corrected chi connectivity index (χ2v) is 11.5. The molecule has 1 amide bonds. The molecular formula is C27H33F4N3O7. The highest BCUT2D eigenvalue weighted by Gasteiger charge is 2.38. The van der Waals surface area contributed by atoms with Crippen LogP contribution in [0, 0.1) is 18.7 Å². The van der Waals surface area contributed by atoms with Crippen molar-refractivity contribution < 1.29 is 46.9 Å². The molecule has 2 atom stereocenters. The fourth-order valence-corrected chi connectivity index (χ4v) is 5.00. The Morgan fingerprint density at radius 2 is 1.68 bits per heavy atom. The zero-order chi connectivity index (χ0) is 31.0. The molecule has 226 valence electrons. The maximum absolute atomic E-state index is 15.5. The normalized spacial score (nSPS) is 19.3. The smallest absolute Gasteiger partial charge is 0.477 e. The lowest BCUT2D eigenvalue weighted by Crippen LogP contribution is -2.51. The first-order chi connectivity index (χ1) is 18.8. The lowest BCUT2D eigenvalue weighted by molar-refractivity contribution is -0.192. The summed E-state index contributed by atoms with van der Waals surface area (Å²) in [5.74, 6) is -4.32. The van der Waals surface area contributed by atoms with E-state index >= 15 is 4.39 Å². The number of carbonyl (C=O) groups is 3. The molecule has 2 aliphatic rings. The highest BCUT2D eigenvalue weighted by Crippen LogP contribution is 2.44. The van der Waals surface area contributed by atoms with E-state index < -0.39 is 41.2 Å². The van der Waals surface area contributed by atoms with Crippen molar-refractivity contribution in [1.82, 2.24) is 9.72 Å². The van der Waals surface area contributed by atoms with Crippen LogP contribution in [-0.4, -0.2) is 63.6 Å². The number of aromatic nitrogens is 1. The van der Waals surface area contributed by atoms with Gasteiger partial charge in [-0.05, 0) is 76.0 Å². The number of ether oxygens (including phenoxy) is 1. The average molecular weight is 588 g/mol. The van der Waals surface area contributed by atoms with Gasteiger partial charge in [0.2, 0.25) is 0 Å². The zero-order valence-corrected chi connectivity index (χ0v) is 23.3. The number of pyridine rings is 2. The largest absolute Gasteiger partial charge is 0.490 e. The van der Waals surface area contributed by atoms with Gasteiger partial charge >= 0.3 is 24.2 Å². The number of aryl methyl sites for hydroxylation is 1. The van der Waals surface area contributed by atoms with Crippen LogP contribution in [0.4, 0.5) is 28.0 Å². The number of alkyl carbamates (subject to hydrolysis) is 1. The van der Waals surface area contributed by atoms with Gasteiger partial charge in [-0.15, -0.1) is 0 Å². The molecular weight excluding hydrogens is 554 g/mol. The lowest BCUT2D eigenvalue weighted by atomic mass is 9.94. The molecule has 0 aromatic carbocycles.